The quantitative estimate of drug-likeness (QED) is 0.893. The number of methoxy groups -OCH3 is 1. The smallest absolute Gasteiger partial charge is 0.229 e. The van der Waals surface area contributed by atoms with Crippen molar-refractivity contribution in [2.75, 3.05) is 23.9 Å². The first-order valence-electron chi connectivity index (χ1n) is 6.91. The van der Waals surface area contributed by atoms with E-state index in [1.807, 2.05) is 12.1 Å². The lowest BCUT2D eigenvalue weighted by Crippen LogP contribution is -2.28. The average molecular weight is 300 g/mol. The van der Waals surface area contributed by atoms with Crippen molar-refractivity contribution in [1.82, 2.24) is 10.2 Å². The van der Waals surface area contributed by atoms with E-state index >= 15 is 0 Å². The zero-order valence-electron chi connectivity index (χ0n) is 12.1. The van der Waals surface area contributed by atoms with Gasteiger partial charge >= 0.3 is 0 Å². The molecule has 1 aliphatic rings. The van der Waals surface area contributed by atoms with E-state index in [9.17, 15) is 9.59 Å². The molecule has 2 amide bonds. The minimum Gasteiger partial charge on any atom is -0.497 e. The van der Waals surface area contributed by atoms with Crippen molar-refractivity contribution in [1.29, 1.82) is 0 Å². The minimum atomic E-state index is -0.371. The number of hydrogen-bond donors (Lipinski definition) is 2. The number of benzene rings is 1. The summed E-state index contributed by atoms with van der Waals surface area (Å²) in [6, 6.07) is 7.21. The van der Waals surface area contributed by atoms with Crippen LogP contribution in [0.2, 0.25) is 0 Å². The van der Waals surface area contributed by atoms with Gasteiger partial charge in [-0.2, -0.15) is 5.10 Å². The maximum absolute atomic E-state index is 12.2. The lowest BCUT2D eigenvalue weighted by molar-refractivity contribution is -0.122. The summed E-state index contributed by atoms with van der Waals surface area (Å²) < 4.78 is 5.10. The highest BCUT2D eigenvalue weighted by molar-refractivity contribution is 6.03. The predicted molar refractivity (Wildman–Crippen MR) is 80.7 cm³/mol. The van der Waals surface area contributed by atoms with Crippen molar-refractivity contribution in [2.24, 2.45) is 5.92 Å². The van der Waals surface area contributed by atoms with Crippen LogP contribution < -0.4 is 15.0 Å². The second-order valence-corrected chi connectivity index (χ2v) is 5.08. The lowest BCUT2D eigenvalue weighted by atomic mass is 10.1. The molecule has 2 N–H and O–H groups in total. The van der Waals surface area contributed by atoms with E-state index in [2.05, 4.69) is 15.5 Å². The first kappa shape index (κ1) is 14.1. The van der Waals surface area contributed by atoms with Gasteiger partial charge in [0.2, 0.25) is 11.8 Å². The van der Waals surface area contributed by atoms with Gasteiger partial charge in [0.25, 0.3) is 0 Å². The first-order chi connectivity index (χ1) is 10.7. The fraction of sp³-hybridized carbons (Fsp3) is 0.267. The molecule has 1 aromatic carbocycles. The topological polar surface area (TPSA) is 87.3 Å². The van der Waals surface area contributed by atoms with Crippen LogP contribution in [0, 0.1) is 5.92 Å². The Morgan fingerprint density at radius 2 is 2.18 bits per heavy atom. The van der Waals surface area contributed by atoms with Gasteiger partial charge in [-0.3, -0.25) is 14.7 Å². The molecule has 7 nitrogen and oxygen atoms in total. The van der Waals surface area contributed by atoms with E-state index in [-0.39, 0.29) is 24.2 Å². The van der Waals surface area contributed by atoms with Gasteiger partial charge in [0.1, 0.15) is 5.75 Å². The average Bonchev–Trinajstić information content (AvgIpc) is 3.17. The molecule has 22 heavy (non-hydrogen) atoms. The number of amides is 2. The van der Waals surface area contributed by atoms with E-state index in [4.69, 9.17) is 4.74 Å². The van der Waals surface area contributed by atoms with E-state index in [0.717, 1.165) is 11.4 Å². The summed E-state index contributed by atoms with van der Waals surface area (Å²) >= 11 is 0. The summed E-state index contributed by atoms with van der Waals surface area (Å²) in [6.07, 6.45) is 3.32. The van der Waals surface area contributed by atoms with Crippen molar-refractivity contribution in [3.63, 3.8) is 0 Å². The molecule has 0 radical (unpaired) electrons. The molecule has 3 rings (SSSR count). The molecular formula is C15H16N4O3. The zero-order chi connectivity index (χ0) is 15.5. The molecule has 1 fully saturated rings. The van der Waals surface area contributed by atoms with Crippen LogP contribution in [0.15, 0.2) is 36.7 Å². The van der Waals surface area contributed by atoms with Gasteiger partial charge in [-0.25, -0.2) is 0 Å². The number of nitrogens with zero attached hydrogens (tertiary/aromatic N) is 2. The van der Waals surface area contributed by atoms with Crippen molar-refractivity contribution >= 4 is 23.2 Å². The Bertz CT molecular complexity index is 667. The third-order valence-electron chi connectivity index (χ3n) is 3.65. The van der Waals surface area contributed by atoms with Gasteiger partial charge in [-0.15, -0.1) is 0 Å². The van der Waals surface area contributed by atoms with E-state index in [0.29, 0.717) is 12.2 Å². The van der Waals surface area contributed by atoms with Crippen molar-refractivity contribution < 1.29 is 14.3 Å². The fourth-order valence-electron chi connectivity index (χ4n) is 2.46. The van der Waals surface area contributed by atoms with E-state index in [1.54, 1.807) is 30.3 Å². The molecule has 0 bridgehead atoms. The number of carbonyl (C=O) groups is 2. The minimum absolute atomic E-state index is 0.0579. The second-order valence-electron chi connectivity index (χ2n) is 5.08. The molecule has 0 aliphatic carbocycles. The summed E-state index contributed by atoms with van der Waals surface area (Å²) in [5.74, 6) is 0.123. The van der Waals surface area contributed by atoms with Gasteiger partial charge < -0.3 is 15.0 Å². The van der Waals surface area contributed by atoms with Gasteiger partial charge in [0.05, 0.1) is 24.9 Å². The summed E-state index contributed by atoms with van der Waals surface area (Å²) in [5, 5.41) is 9.14. The van der Waals surface area contributed by atoms with Crippen molar-refractivity contribution in [3.8, 4) is 5.75 Å². The molecule has 2 heterocycles. The summed E-state index contributed by atoms with van der Waals surface area (Å²) in [4.78, 5) is 26.0. The highest BCUT2D eigenvalue weighted by atomic mass is 16.5. The predicted octanol–water partition coefficient (Wildman–Crippen LogP) is 1.41. The lowest BCUT2D eigenvalue weighted by Gasteiger charge is -2.17. The molecule has 7 heteroatoms. The van der Waals surface area contributed by atoms with Gasteiger partial charge in [0.15, 0.2) is 0 Å². The largest absolute Gasteiger partial charge is 0.497 e. The maximum atomic E-state index is 12.2. The van der Waals surface area contributed by atoms with Gasteiger partial charge in [-0.05, 0) is 24.3 Å². The molecule has 0 unspecified atom stereocenters. The number of carbonyl (C=O) groups excluding carboxylic acids is 2. The van der Waals surface area contributed by atoms with E-state index in [1.165, 1.54) is 6.20 Å². The van der Waals surface area contributed by atoms with Crippen LogP contribution in [0.4, 0.5) is 11.4 Å². The number of anilines is 2. The standard InChI is InChI=1S/C15H16N4O3/c1-22-13-4-2-12(3-5-13)19-9-10(6-14(19)20)15(21)18-11-7-16-17-8-11/h2-5,7-8,10H,6,9H2,1H3,(H,16,17)(H,18,21)/t10-/m1/s1. The van der Waals surface area contributed by atoms with Crippen LogP contribution in [-0.2, 0) is 9.59 Å². The third kappa shape index (κ3) is 2.78. The van der Waals surface area contributed by atoms with Crippen molar-refractivity contribution in [3.05, 3.63) is 36.7 Å². The normalized spacial score (nSPS) is 17.6. The van der Waals surface area contributed by atoms with Gasteiger partial charge in [-0.1, -0.05) is 0 Å². The molecule has 114 valence electrons. The highest BCUT2D eigenvalue weighted by Gasteiger charge is 2.35. The number of nitrogens with one attached hydrogen (secondary N) is 2. The Morgan fingerprint density at radius 3 is 2.82 bits per heavy atom. The highest BCUT2D eigenvalue weighted by Crippen LogP contribution is 2.27. The maximum Gasteiger partial charge on any atom is 0.229 e. The first-order valence-corrected chi connectivity index (χ1v) is 6.91. The Kier molecular flexibility index (Phi) is 3.78. The number of aromatic nitrogens is 2. The van der Waals surface area contributed by atoms with E-state index < -0.39 is 0 Å². The third-order valence-corrected chi connectivity index (χ3v) is 3.65. The molecule has 1 atom stereocenters. The number of rotatable bonds is 4. The molecule has 1 aromatic heterocycles. The van der Waals surface area contributed by atoms with Crippen LogP contribution >= 0.6 is 0 Å². The van der Waals surface area contributed by atoms with Gasteiger partial charge in [0, 0.05) is 24.8 Å². The van der Waals surface area contributed by atoms with Crippen LogP contribution in [0.3, 0.4) is 0 Å². The Labute approximate surface area is 127 Å². The molecule has 0 saturated carbocycles. The monoisotopic (exact) mass is 300 g/mol. The molecule has 0 spiro atoms. The SMILES string of the molecule is COc1ccc(N2C[C@H](C(=O)Nc3cn[nH]c3)CC2=O)cc1. The molecular weight excluding hydrogens is 284 g/mol. The molecule has 1 aliphatic heterocycles. The Morgan fingerprint density at radius 1 is 1.41 bits per heavy atom. The fourth-order valence-corrected chi connectivity index (χ4v) is 2.46. The molecule has 1 saturated heterocycles. The Hall–Kier alpha value is -2.83. The second kappa shape index (κ2) is 5.88. The number of hydrogen-bond acceptors (Lipinski definition) is 4. The van der Waals surface area contributed by atoms with Crippen LogP contribution in [0.5, 0.6) is 5.75 Å². The van der Waals surface area contributed by atoms with Crippen LogP contribution in [-0.4, -0.2) is 35.7 Å². The number of ether oxygens (including phenoxy) is 1. The zero-order valence-corrected chi connectivity index (χ0v) is 12.1. The Balaban J connectivity index is 1.68. The van der Waals surface area contributed by atoms with Crippen LogP contribution in [0.1, 0.15) is 6.42 Å². The number of aromatic amines is 1. The number of H-pyrrole nitrogens is 1. The summed E-state index contributed by atoms with van der Waals surface area (Å²) in [5.41, 5.74) is 1.37. The summed E-state index contributed by atoms with van der Waals surface area (Å²) in [7, 11) is 1.59. The molecule has 2 aromatic rings. The van der Waals surface area contributed by atoms with Crippen molar-refractivity contribution in [2.45, 2.75) is 6.42 Å². The summed E-state index contributed by atoms with van der Waals surface area (Å²) in [6.45, 7) is 0.370. The van der Waals surface area contributed by atoms with Crippen LogP contribution in [0.25, 0.3) is 0 Å².